The second kappa shape index (κ2) is 6.88. The van der Waals surface area contributed by atoms with E-state index in [-0.39, 0.29) is 34.6 Å². The topological polar surface area (TPSA) is 85.8 Å². The molecule has 2 aliphatic rings. The molecule has 1 heterocycles. The van der Waals surface area contributed by atoms with Crippen LogP contribution in [-0.4, -0.2) is 27.4 Å². The summed E-state index contributed by atoms with van der Waals surface area (Å²) in [4.78, 5) is 13.0. The SMILES string of the molecule is CC(C)(CNC(=O)C12CCC(CC1)C2(C)C)Cn1cc(CN)nn1.Cl. The number of amides is 1. The van der Waals surface area contributed by atoms with Crippen LogP contribution in [0.5, 0.6) is 0 Å². The summed E-state index contributed by atoms with van der Waals surface area (Å²) < 4.78 is 1.82. The molecule has 3 N–H and O–H groups in total. The predicted molar refractivity (Wildman–Crippen MR) is 100 cm³/mol. The van der Waals surface area contributed by atoms with Gasteiger partial charge in [0.05, 0.1) is 11.1 Å². The minimum absolute atomic E-state index is 0. The van der Waals surface area contributed by atoms with Gasteiger partial charge in [0.25, 0.3) is 0 Å². The second-order valence-electron chi connectivity index (χ2n) is 9.04. The van der Waals surface area contributed by atoms with Crippen LogP contribution in [0, 0.1) is 22.2 Å². The third kappa shape index (κ3) is 3.43. The number of hydrogen-bond donors (Lipinski definition) is 2. The van der Waals surface area contributed by atoms with Gasteiger partial charge in [-0.25, -0.2) is 0 Å². The van der Waals surface area contributed by atoms with E-state index in [0.29, 0.717) is 25.6 Å². The first-order chi connectivity index (χ1) is 11.2. The molecule has 25 heavy (non-hydrogen) atoms. The molecule has 7 heteroatoms. The average molecular weight is 370 g/mol. The number of rotatable bonds is 6. The van der Waals surface area contributed by atoms with Crippen LogP contribution < -0.4 is 11.1 Å². The van der Waals surface area contributed by atoms with E-state index in [9.17, 15) is 4.79 Å². The number of hydrogen-bond acceptors (Lipinski definition) is 4. The van der Waals surface area contributed by atoms with Crippen molar-refractivity contribution in [3.8, 4) is 0 Å². The highest BCUT2D eigenvalue weighted by Crippen LogP contribution is 2.65. The Bertz CT molecular complexity index is 617. The van der Waals surface area contributed by atoms with Crippen LogP contribution in [0.2, 0.25) is 0 Å². The molecule has 3 rings (SSSR count). The zero-order chi connectivity index (χ0) is 17.6. The van der Waals surface area contributed by atoms with Crippen LogP contribution in [0.3, 0.4) is 0 Å². The van der Waals surface area contributed by atoms with Crippen LogP contribution in [0.15, 0.2) is 6.20 Å². The third-order valence-corrected chi connectivity index (χ3v) is 6.64. The molecule has 0 spiro atoms. The lowest BCUT2D eigenvalue weighted by molar-refractivity contribution is -0.135. The van der Waals surface area contributed by atoms with Crippen LogP contribution in [0.25, 0.3) is 0 Å². The van der Waals surface area contributed by atoms with Crippen LogP contribution >= 0.6 is 12.4 Å². The molecule has 1 amide bonds. The summed E-state index contributed by atoms with van der Waals surface area (Å²) in [5.41, 5.74) is 6.25. The molecule has 0 aromatic carbocycles. The summed E-state index contributed by atoms with van der Waals surface area (Å²) in [6.45, 7) is 10.6. The van der Waals surface area contributed by atoms with Crippen LogP contribution in [0.1, 0.15) is 59.1 Å². The number of nitrogens with two attached hydrogens (primary N) is 1. The van der Waals surface area contributed by atoms with Gasteiger partial charge in [0, 0.05) is 31.2 Å². The molecule has 1 aromatic rings. The molecule has 0 radical (unpaired) electrons. The Labute approximate surface area is 156 Å². The van der Waals surface area contributed by atoms with Gasteiger partial charge in [-0.3, -0.25) is 9.48 Å². The number of carbonyl (C=O) groups excluding carboxylic acids is 1. The van der Waals surface area contributed by atoms with Crippen LogP contribution in [-0.2, 0) is 17.9 Å². The first-order valence-corrected chi connectivity index (χ1v) is 9.08. The molecule has 0 saturated heterocycles. The normalized spacial score (nSPS) is 27.2. The Morgan fingerprint density at radius 1 is 1.40 bits per heavy atom. The molecule has 6 nitrogen and oxygen atoms in total. The Kier molecular flexibility index (Phi) is 5.55. The van der Waals surface area contributed by atoms with Gasteiger partial charge in [0.15, 0.2) is 0 Å². The summed E-state index contributed by atoms with van der Waals surface area (Å²) in [7, 11) is 0. The molecule has 2 saturated carbocycles. The van der Waals surface area contributed by atoms with Crippen molar-refractivity contribution in [3.63, 3.8) is 0 Å². The lowest BCUT2D eigenvalue weighted by Crippen LogP contribution is -2.48. The highest BCUT2D eigenvalue weighted by molar-refractivity contribution is 5.85. The van der Waals surface area contributed by atoms with Crippen molar-refractivity contribution in [1.82, 2.24) is 20.3 Å². The minimum Gasteiger partial charge on any atom is -0.355 e. The Balaban J connectivity index is 0.00000225. The number of nitrogens with zero attached hydrogens (tertiary/aromatic N) is 3. The number of halogens is 1. The van der Waals surface area contributed by atoms with E-state index < -0.39 is 0 Å². The van der Waals surface area contributed by atoms with Crippen molar-refractivity contribution in [2.24, 2.45) is 27.9 Å². The summed E-state index contributed by atoms with van der Waals surface area (Å²) >= 11 is 0. The standard InChI is InChI=1S/C18H31N5O.ClH/c1-16(2,12-23-10-14(9-19)21-22-23)11-20-15(24)18-7-5-13(6-8-18)17(18,3)4;/h10,13H,5-9,11-12,19H2,1-4H3,(H,20,24);1H. The molecule has 0 atom stereocenters. The van der Waals surface area contributed by atoms with Gasteiger partial charge in [-0.05, 0) is 37.0 Å². The van der Waals surface area contributed by atoms with Gasteiger partial charge in [-0.15, -0.1) is 17.5 Å². The summed E-state index contributed by atoms with van der Waals surface area (Å²) in [5.74, 6) is 0.961. The Morgan fingerprint density at radius 2 is 2.04 bits per heavy atom. The predicted octanol–water partition coefficient (Wildman–Crippen LogP) is 2.52. The third-order valence-electron chi connectivity index (χ3n) is 6.64. The summed E-state index contributed by atoms with van der Waals surface area (Å²) in [6.07, 6.45) is 6.36. The fraction of sp³-hybridized carbons (Fsp3) is 0.833. The molecule has 0 unspecified atom stereocenters. The zero-order valence-electron chi connectivity index (χ0n) is 15.8. The number of fused-ring (bicyclic) bond motifs is 2. The maximum absolute atomic E-state index is 13.0. The van der Waals surface area contributed by atoms with E-state index >= 15 is 0 Å². The number of nitrogens with one attached hydrogen (secondary N) is 1. The maximum atomic E-state index is 13.0. The molecular formula is C18H32ClN5O. The monoisotopic (exact) mass is 369 g/mol. The van der Waals surface area contributed by atoms with Gasteiger partial charge >= 0.3 is 0 Å². The molecule has 2 fully saturated rings. The van der Waals surface area contributed by atoms with Gasteiger partial charge in [-0.1, -0.05) is 32.9 Å². The molecular weight excluding hydrogens is 338 g/mol. The smallest absolute Gasteiger partial charge is 0.226 e. The van der Waals surface area contributed by atoms with E-state index in [1.165, 1.54) is 12.8 Å². The Morgan fingerprint density at radius 3 is 2.52 bits per heavy atom. The van der Waals surface area contributed by atoms with Gasteiger partial charge in [-0.2, -0.15) is 0 Å². The molecule has 1 aromatic heterocycles. The highest BCUT2D eigenvalue weighted by Gasteiger charge is 2.62. The van der Waals surface area contributed by atoms with Gasteiger partial charge in [0.1, 0.15) is 0 Å². The highest BCUT2D eigenvalue weighted by atomic mass is 35.5. The van der Waals surface area contributed by atoms with Crippen molar-refractivity contribution in [3.05, 3.63) is 11.9 Å². The number of aromatic nitrogens is 3. The Hall–Kier alpha value is -1.14. The van der Waals surface area contributed by atoms with Crippen LogP contribution in [0.4, 0.5) is 0 Å². The molecule has 2 aliphatic carbocycles. The van der Waals surface area contributed by atoms with Crippen molar-refractivity contribution < 1.29 is 4.79 Å². The van der Waals surface area contributed by atoms with Gasteiger partial charge < -0.3 is 11.1 Å². The first kappa shape index (κ1) is 20.2. The lowest BCUT2D eigenvalue weighted by atomic mass is 9.68. The van der Waals surface area contributed by atoms with E-state index in [4.69, 9.17) is 5.73 Å². The van der Waals surface area contributed by atoms with Gasteiger partial charge in [0.2, 0.25) is 5.91 Å². The minimum atomic E-state index is -0.159. The van der Waals surface area contributed by atoms with Crippen molar-refractivity contribution >= 4 is 18.3 Å². The summed E-state index contributed by atoms with van der Waals surface area (Å²) in [6, 6.07) is 0. The molecule has 2 bridgehead atoms. The average Bonchev–Trinajstić information content (AvgIpc) is 3.16. The van der Waals surface area contributed by atoms with E-state index in [1.54, 1.807) is 0 Å². The number of carbonyl (C=O) groups is 1. The fourth-order valence-corrected chi connectivity index (χ4v) is 4.88. The lowest BCUT2D eigenvalue weighted by Gasteiger charge is -2.37. The molecule has 0 aliphatic heterocycles. The van der Waals surface area contributed by atoms with Crippen molar-refractivity contribution in [2.75, 3.05) is 6.54 Å². The summed E-state index contributed by atoms with van der Waals surface area (Å²) in [5, 5.41) is 11.4. The fourth-order valence-electron chi connectivity index (χ4n) is 4.88. The van der Waals surface area contributed by atoms with E-state index in [1.807, 2.05) is 10.9 Å². The first-order valence-electron chi connectivity index (χ1n) is 9.08. The quantitative estimate of drug-likeness (QED) is 0.806. The maximum Gasteiger partial charge on any atom is 0.226 e. The van der Waals surface area contributed by atoms with Crippen molar-refractivity contribution in [1.29, 1.82) is 0 Å². The molecule has 142 valence electrons. The largest absolute Gasteiger partial charge is 0.355 e. The second-order valence-corrected chi connectivity index (χ2v) is 9.04. The van der Waals surface area contributed by atoms with Crippen molar-refractivity contribution in [2.45, 2.75) is 66.5 Å². The van der Waals surface area contributed by atoms with E-state index in [0.717, 1.165) is 18.5 Å². The zero-order valence-corrected chi connectivity index (χ0v) is 16.7. The van der Waals surface area contributed by atoms with E-state index in [2.05, 4.69) is 43.3 Å².